The van der Waals surface area contributed by atoms with Crippen LogP contribution in [-0.2, 0) is 9.53 Å². The molecule has 1 saturated heterocycles. The first kappa shape index (κ1) is 19.2. The van der Waals surface area contributed by atoms with Gasteiger partial charge in [-0.15, -0.1) is 0 Å². The Kier molecular flexibility index (Phi) is 6.34. The van der Waals surface area contributed by atoms with Crippen LogP contribution in [0.15, 0.2) is 42.6 Å². The molecule has 2 heterocycles. The molecule has 1 aliphatic rings. The van der Waals surface area contributed by atoms with Crippen LogP contribution in [0.1, 0.15) is 33.9 Å². The number of nitrogens with one attached hydrogen (secondary N) is 1. The van der Waals surface area contributed by atoms with E-state index >= 15 is 0 Å². The standard InChI is InChI=1S/C20H22N2O4S/c1-13-4-3-5-14(10-13)18(20(24)25-2)22-19(23)15-6-7-17(21-11-15)26-16-8-9-27-12-16/h3-7,10-11,16,18H,8-9,12H2,1-2H3,(H,22,23). The van der Waals surface area contributed by atoms with E-state index in [2.05, 4.69) is 10.3 Å². The quantitative estimate of drug-likeness (QED) is 0.769. The van der Waals surface area contributed by atoms with E-state index in [-0.39, 0.29) is 6.10 Å². The van der Waals surface area contributed by atoms with Gasteiger partial charge in [0.15, 0.2) is 6.04 Å². The fraction of sp³-hybridized carbons (Fsp3) is 0.350. The number of ether oxygens (including phenoxy) is 2. The molecule has 0 aliphatic carbocycles. The molecule has 1 amide bonds. The number of hydrogen-bond acceptors (Lipinski definition) is 6. The number of rotatable bonds is 6. The van der Waals surface area contributed by atoms with Gasteiger partial charge in [-0.25, -0.2) is 9.78 Å². The van der Waals surface area contributed by atoms with Gasteiger partial charge in [0.05, 0.1) is 12.7 Å². The van der Waals surface area contributed by atoms with E-state index < -0.39 is 17.9 Å². The van der Waals surface area contributed by atoms with Crippen molar-refractivity contribution in [2.24, 2.45) is 0 Å². The van der Waals surface area contributed by atoms with Crippen molar-refractivity contribution >= 4 is 23.6 Å². The summed E-state index contributed by atoms with van der Waals surface area (Å²) in [5, 5.41) is 2.72. The highest BCUT2D eigenvalue weighted by atomic mass is 32.2. The van der Waals surface area contributed by atoms with Crippen molar-refractivity contribution in [2.75, 3.05) is 18.6 Å². The van der Waals surface area contributed by atoms with Gasteiger partial charge in [-0.05, 0) is 30.7 Å². The Hall–Kier alpha value is -2.54. The van der Waals surface area contributed by atoms with Crippen molar-refractivity contribution in [1.82, 2.24) is 10.3 Å². The summed E-state index contributed by atoms with van der Waals surface area (Å²) in [5.74, 6) is 1.63. The van der Waals surface area contributed by atoms with Gasteiger partial charge in [0.25, 0.3) is 5.91 Å². The van der Waals surface area contributed by atoms with E-state index in [1.54, 1.807) is 18.2 Å². The number of esters is 1. The summed E-state index contributed by atoms with van der Waals surface area (Å²) in [6.07, 6.45) is 2.63. The molecule has 3 rings (SSSR count). The van der Waals surface area contributed by atoms with E-state index in [0.29, 0.717) is 17.0 Å². The smallest absolute Gasteiger partial charge is 0.333 e. The minimum Gasteiger partial charge on any atom is -0.473 e. The minimum atomic E-state index is -0.881. The van der Waals surface area contributed by atoms with Gasteiger partial charge < -0.3 is 14.8 Å². The van der Waals surface area contributed by atoms with Gasteiger partial charge in [0.1, 0.15) is 6.10 Å². The highest BCUT2D eigenvalue weighted by Crippen LogP contribution is 2.22. The first-order chi connectivity index (χ1) is 13.1. The van der Waals surface area contributed by atoms with Crippen LogP contribution in [0, 0.1) is 6.92 Å². The van der Waals surface area contributed by atoms with Crippen LogP contribution in [0.5, 0.6) is 5.88 Å². The molecule has 1 fully saturated rings. The molecule has 142 valence electrons. The lowest BCUT2D eigenvalue weighted by molar-refractivity contribution is -0.143. The largest absolute Gasteiger partial charge is 0.473 e. The zero-order valence-electron chi connectivity index (χ0n) is 15.3. The van der Waals surface area contributed by atoms with E-state index in [0.717, 1.165) is 23.5 Å². The Labute approximate surface area is 162 Å². The van der Waals surface area contributed by atoms with E-state index in [9.17, 15) is 9.59 Å². The zero-order valence-corrected chi connectivity index (χ0v) is 16.1. The van der Waals surface area contributed by atoms with Gasteiger partial charge in [-0.3, -0.25) is 4.79 Å². The van der Waals surface area contributed by atoms with Crippen molar-refractivity contribution in [3.05, 3.63) is 59.3 Å². The third-order valence-electron chi connectivity index (χ3n) is 4.26. The average molecular weight is 386 g/mol. The highest BCUT2D eigenvalue weighted by Gasteiger charge is 2.24. The average Bonchev–Trinajstić information content (AvgIpc) is 3.19. The molecule has 1 aromatic carbocycles. The lowest BCUT2D eigenvalue weighted by atomic mass is 10.0. The van der Waals surface area contributed by atoms with Crippen LogP contribution in [0.3, 0.4) is 0 Å². The zero-order chi connectivity index (χ0) is 19.2. The summed E-state index contributed by atoms with van der Waals surface area (Å²) in [4.78, 5) is 29.0. The molecule has 2 aromatic rings. The molecule has 1 aliphatic heterocycles. The number of methoxy groups -OCH3 is 1. The third-order valence-corrected chi connectivity index (χ3v) is 5.39. The van der Waals surface area contributed by atoms with E-state index in [4.69, 9.17) is 9.47 Å². The Bertz CT molecular complexity index is 804. The molecule has 7 heteroatoms. The second-order valence-electron chi connectivity index (χ2n) is 6.33. The molecule has 0 spiro atoms. The lowest BCUT2D eigenvalue weighted by Gasteiger charge is -2.17. The molecular weight excluding hydrogens is 364 g/mol. The number of amides is 1. The first-order valence-corrected chi connectivity index (χ1v) is 9.88. The number of aryl methyl sites for hydroxylation is 1. The molecule has 1 N–H and O–H groups in total. The van der Waals surface area contributed by atoms with Crippen LogP contribution in [0.2, 0.25) is 0 Å². The monoisotopic (exact) mass is 386 g/mol. The number of carbonyl (C=O) groups is 2. The van der Waals surface area contributed by atoms with Crippen molar-refractivity contribution in [2.45, 2.75) is 25.5 Å². The van der Waals surface area contributed by atoms with Crippen molar-refractivity contribution < 1.29 is 19.1 Å². The fourth-order valence-corrected chi connectivity index (χ4v) is 3.92. The summed E-state index contributed by atoms with van der Waals surface area (Å²) >= 11 is 1.86. The predicted octanol–water partition coefficient (Wildman–Crippen LogP) is 2.92. The molecule has 6 nitrogen and oxygen atoms in total. The van der Waals surface area contributed by atoms with Crippen LogP contribution in [0.25, 0.3) is 0 Å². The fourth-order valence-electron chi connectivity index (χ4n) is 2.82. The number of benzene rings is 1. The summed E-state index contributed by atoms with van der Waals surface area (Å²) in [6, 6.07) is 9.82. The Morgan fingerprint density at radius 3 is 2.78 bits per heavy atom. The minimum absolute atomic E-state index is 0.173. The number of pyridine rings is 1. The van der Waals surface area contributed by atoms with E-state index in [1.165, 1.54) is 13.3 Å². The molecule has 0 bridgehead atoms. The SMILES string of the molecule is COC(=O)C(NC(=O)c1ccc(OC2CCSC2)nc1)c1cccc(C)c1. The topological polar surface area (TPSA) is 77.5 Å². The van der Waals surface area contributed by atoms with Gasteiger partial charge in [0, 0.05) is 18.0 Å². The van der Waals surface area contributed by atoms with Crippen molar-refractivity contribution in [3.8, 4) is 5.88 Å². The van der Waals surface area contributed by atoms with Gasteiger partial charge in [0.2, 0.25) is 5.88 Å². The maximum Gasteiger partial charge on any atom is 0.333 e. The first-order valence-electron chi connectivity index (χ1n) is 8.72. The molecule has 27 heavy (non-hydrogen) atoms. The Morgan fingerprint density at radius 2 is 2.15 bits per heavy atom. The Balaban J connectivity index is 1.70. The highest BCUT2D eigenvalue weighted by molar-refractivity contribution is 7.99. The van der Waals surface area contributed by atoms with Crippen LogP contribution in [-0.4, -0.2) is 41.6 Å². The maximum absolute atomic E-state index is 12.6. The van der Waals surface area contributed by atoms with Crippen LogP contribution in [0.4, 0.5) is 0 Å². The summed E-state index contributed by atoms with van der Waals surface area (Å²) < 4.78 is 10.6. The van der Waals surface area contributed by atoms with Gasteiger partial charge in [-0.1, -0.05) is 29.8 Å². The molecule has 1 aromatic heterocycles. The summed E-state index contributed by atoms with van der Waals surface area (Å²) in [7, 11) is 1.30. The summed E-state index contributed by atoms with van der Waals surface area (Å²) in [5.41, 5.74) is 2.01. The van der Waals surface area contributed by atoms with Crippen LogP contribution < -0.4 is 10.1 Å². The molecule has 0 saturated carbocycles. The molecule has 2 atom stereocenters. The number of nitrogens with zero attached hydrogens (tertiary/aromatic N) is 1. The summed E-state index contributed by atoms with van der Waals surface area (Å²) in [6.45, 7) is 1.92. The van der Waals surface area contributed by atoms with Gasteiger partial charge >= 0.3 is 5.97 Å². The van der Waals surface area contributed by atoms with Crippen molar-refractivity contribution in [3.63, 3.8) is 0 Å². The third kappa shape index (κ3) is 5.01. The van der Waals surface area contributed by atoms with E-state index in [1.807, 2.05) is 36.9 Å². The second-order valence-corrected chi connectivity index (χ2v) is 7.48. The molecule has 2 unspecified atom stereocenters. The predicted molar refractivity (Wildman–Crippen MR) is 104 cm³/mol. The van der Waals surface area contributed by atoms with Gasteiger partial charge in [-0.2, -0.15) is 11.8 Å². The number of aromatic nitrogens is 1. The van der Waals surface area contributed by atoms with Crippen LogP contribution >= 0.6 is 11.8 Å². The Morgan fingerprint density at radius 1 is 1.30 bits per heavy atom. The molecule has 0 radical (unpaired) electrons. The second kappa shape index (κ2) is 8.90. The number of carbonyl (C=O) groups excluding carboxylic acids is 2. The molecular formula is C20H22N2O4S. The normalized spacial score (nSPS) is 17.2. The number of hydrogen-bond donors (Lipinski definition) is 1. The lowest BCUT2D eigenvalue weighted by Crippen LogP contribution is -2.34. The number of thioether (sulfide) groups is 1. The van der Waals surface area contributed by atoms with Crippen molar-refractivity contribution in [1.29, 1.82) is 0 Å². The maximum atomic E-state index is 12.6.